The van der Waals surface area contributed by atoms with Crippen molar-refractivity contribution in [2.45, 2.75) is 85.0 Å². The molecule has 0 saturated heterocycles. The first-order valence-corrected chi connectivity index (χ1v) is 12.8. The summed E-state index contributed by atoms with van der Waals surface area (Å²) in [6, 6.07) is 5.80. The fourth-order valence-corrected chi connectivity index (χ4v) is 4.61. The first-order valence-electron chi connectivity index (χ1n) is 11.4. The summed E-state index contributed by atoms with van der Waals surface area (Å²) >= 11 is 0. The summed E-state index contributed by atoms with van der Waals surface area (Å²) in [7, 11) is -3.37. The van der Waals surface area contributed by atoms with Crippen LogP contribution in [0.2, 0.25) is 0 Å². The van der Waals surface area contributed by atoms with Crippen molar-refractivity contribution in [1.82, 2.24) is 4.72 Å². The minimum atomic E-state index is -3.37. The van der Waals surface area contributed by atoms with Gasteiger partial charge in [-0.15, -0.1) is 0 Å². The van der Waals surface area contributed by atoms with E-state index in [-0.39, 0.29) is 17.9 Å². The molecule has 0 aliphatic heterocycles. The third-order valence-electron chi connectivity index (χ3n) is 6.44. The Kier molecular flexibility index (Phi) is 8.56. The zero-order chi connectivity index (χ0) is 23.4. The minimum absolute atomic E-state index is 0.0653. The predicted octanol–water partition coefficient (Wildman–Crippen LogP) is 4.88. The summed E-state index contributed by atoms with van der Waals surface area (Å²) in [4.78, 5) is 12.4. The van der Waals surface area contributed by atoms with Crippen molar-refractivity contribution < 1.29 is 17.9 Å². The topological polar surface area (TPSA) is 84.5 Å². The van der Waals surface area contributed by atoms with Gasteiger partial charge in [0.25, 0.3) is 0 Å². The van der Waals surface area contributed by atoms with Crippen LogP contribution in [-0.2, 0) is 14.8 Å². The molecule has 4 unspecified atom stereocenters. The molecule has 6 nitrogen and oxygen atoms in total. The lowest BCUT2D eigenvalue weighted by Gasteiger charge is -2.21. The van der Waals surface area contributed by atoms with Crippen molar-refractivity contribution in [1.29, 1.82) is 0 Å². The lowest BCUT2D eigenvalue weighted by Crippen LogP contribution is -2.41. The Bertz CT molecular complexity index is 861. The van der Waals surface area contributed by atoms with Crippen molar-refractivity contribution >= 4 is 21.6 Å². The van der Waals surface area contributed by atoms with E-state index in [1.165, 1.54) is 6.42 Å². The first kappa shape index (κ1) is 25.7. The maximum absolute atomic E-state index is 12.4. The van der Waals surface area contributed by atoms with Gasteiger partial charge in [-0.25, -0.2) is 13.1 Å². The number of carbonyl (C=O) groups excluding carboxylic acids is 1. The van der Waals surface area contributed by atoms with Crippen LogP contribution in [0.4, 0.5) is 5.69 Å². The van der Waals surface area contributed by atoms with E-state index in [4.69, 9.17) is 4.74 Å². The number of hydrogen-bond acceptors (Lipinski definition) is 4. The monoisotopic (exact) mass is 452 g/mol. The summed E-state index contributed by atoms with van der Waals surface area (Å²) in [6.45, 7) is 13.8. The third kappa shape index (κ3) is 7.21. The lowest BCUT2D eigenvalue weighted by atomic mass is 9.99. The van der Waals surface area contributed by atoms with Gasteiger partial charge in [0, 0.05) is 18.7 Å². The number of anilines is 1. The van der Waals surface area contributed by atoms with Crippen molar-refractivity contribution in [3.63, 3.8) is 0 Å². The van der Waals surface area contributed by atoms with E-state index in [1.54, 1.807) is 20.8 Å². The van der Waals surface area contributed by atoms with Crippen LogP contribution in [0.1, 0.15) is 72.8 Å². The molecule has 1 aliphatic rings. The second kappa shape index (κ2) is 10.3. The highest BCUT2D eigenvalue weighted by atomic mass is 32.2. The molecular formula is C24H40N2O4S. The van der Waals surface area contributed by atoms with Crippen LogP contribution >= 0.6 is 0 Å². The van der Waals surface area contributed by atoms with Gasteiger partial charge in [0.15, 0.2) is 0 Å². The Balaban J connectivity index is 1.81. The highest BCUT2D eigenvalue weighted by molar-refractivity contribution is 7.90. The first-order chi connectivity index (χ1) is 14.3. The number of sulfonamides is 1. The molecule has 1 saturated carbocycles. The average molecular weight is 453 g/mol. The standard InChI is InChI=1S/C24H40N2O4S/c1-16(15-25-31(28,29)24(5,6)7)8-13-23(27)26-21-11-10-20(14-18(21)3)30-22-12-9-17(2)19(22)4/h10-11,14,16-17,19,22,25H,8-9,12-13,15H2,1-7H3,(H,26,27). The molecule has 0 bridgehead atoms. The fraction of sp³-hybridized carbons (Fsp3) is 0.708. The molecule has 7 heteroatoms. The maximum atomic E-state index is 12.4. The number of rotatable bonds is 9. The lowest BCUT2D eigenvalue weighted by molar-refractivity contribution is -0.116. The van der Waals surface area contributed by atoms with Crippen LogP contribution in [0.3, 0.4) is 0 Å². The van der Waals surface area contributed by atoms with Crippen LogP contribution in [-0.4, -0.2) is 31.7 Å². The summed E-state index contributed by atoms with van der Waals surface area (Å²) in [6.07, 6.45) is 3.50. The molecule has 2 N–H and O–H groups in total. The number of ether oxygens (including phenoxy) is 1. The Labute approximate surface area is 188 Å². The zero-order valence-corrected chi connectivity index (χ0v) is 20.9. The van der Waals surface area contributed by atoms with Gasteiger partial charge in [-0.1, -0.05) is 20.8 Å². The molecule has 0 spiro atoms. The summed E-state index contributed by atoms with van der Waals surface area (Å²) in [5.74, 6) is 2.09. The number of nitrogens with one attached hydrogen (secondary N) is 2. The second-order valence-corrected chi connectivity index (χ2v) is 12.7. The SMILES string of the molecule is Cc1cc(OC2CCC(C)C2C)ccc1NC(=O)CCC(C)CNS(=O)(=O)C(C)(C)C. The fourth-order valence-electron chi connectivity index (χ4n) is 3.67. The zero-order valence-electron chi connectivity index (χ0n) is 20.1. The number of benzene rings is 1. The summed E-state index contributed by atoms with van der Waals surface area (Å²) < 4.78 is 32.3. The second-order valence-electron chi connectivity index (χ2n) is 10.2. The molecule has 0 heterocycles. The van der Waals surface area contributed by atoms with Gasteiger partial charge in [-0.05, 0) is 88.5 Å². The number of carbonyl (C=O) groups is 1. The summed E-state index contributed by atoms with van der Waals surface area (Å²) in [5.41, 5.74) is 1.75. The highest BCUT2D eigenvalue weighted by Gasteiger charge is 2.31. The van der Waals surface area contributed by atoms with E-state index in [9.17, 15) is 13.2 Å². The smallest absolute Gasteiger partial charge is 0.224 e. The Morgan fingerprint density at radius 3 is 2.45 bits per heavy atom. The number of amides is 1. The molecule has 31 heavy (non-hydrogen) atoms. The predicted molar refractivity (Wildman–Crippen MR) is 127 cm³/mol. The maximum Gasteiger partial charge on any atom is 0.224 e. The molecular weight excluding hydrogens is 412 g/mol. The molecule has 1 aliphatic carbocycles. The quantitative estimate of drug-likeness (QED) is 0.559. The van der Waals surface area contributed by atoms with Crippen LogP contribution in [0, 0.1) is 24.7 Å². The van der Waals surface area contributed by atoms with E-state index in [2.05, 4.69) is 23.9 Å². The molecule has 1 fully saturated rings. The van der Waals surface area contributed by atoms with E-state index in [0.29, 0.717) is 31.2 Å². The van der Waals surface area contributed by atoms with Crippen LogP contribution in [0.5, 0.6) is 5.75 Å². The minimum Gasteiger partial charge on any atom is -0.490 e. The van der Waals surface area contributed by atoms with Crippen molar-refractivity contribution in [2.24, 2.45) is 17.8 Å². The molecule has 0 aromatic heterocycles. The van der Waals surface area contributed by atoms with E-state index in [1.807, 2.05) is 32.0 Å². The van der Waals surface area contributed by atoms with Crippen LogP contribution in [0.15, 0.2) is 18.2 Å². The normalized spacial score (nSPS) is 22.9. The Morgan fingerprint density at radius 2 is 1.90 bits per heavy atom. The molecule has 1 aromatic carbocycles. The molecule has 2 rings (SSSR count). The van der Waals surface area contributed by atoms with Gasteiger partial charge >= 0.3 is 0 Å². The van der Waals surface area contributed by atoms with Gasteiger partial charge in [0.1, 0.15) is 11.9 Å². The highest BCUT2D eigenvalue weighted by Crippen LogP contribution is 2.34. The van der Waals surface area contributed by atoms with E-state index >= 15 is 0 Å². The van der Waals surface area contributed by atoms with E-state index < -0.39 is 14.8 Å². The largest absolute Gasteiger partial charge is 0.490 e. The van der Waals surface area contributed by atoms with Gasteiger partial charge in [-0.2, -0.15) is 0 Å². The van der Waals surface area contributed by atoms with Crippen molar-refractivity contribution in [3.05, 3.63) is 23.8 Å². The number of hydrogen-bond donors (Lipinski definition) is 2. The van der Waals surface area contributed by atoms with Crippen LogP contribution < -0.4 is 14.8 Å². The molecule has 4 atom stereocenters. The van der Waals surface area contributed by atoms with Gasteiger partial charge in [-0.3, -0.25) is 4.79 Å². The van der Waals surface area contributed by atoms with Gasteiger partial charge in [0.2, 0.25) is 15.9 Å². The molecule has 176 valence electrons. The molecule has 1 aromatic rings. The Morgan fingerprint density at radius 1 is 1.23 bits per heavy atom. The summed E-state index contributed by atoms with van der Waals surface area (Å²) in [5, 5.41) is 2.97. The van der Waals surface area contributed by atoms with Crippen molar-refractivity contribution in [3.8, 4) is 5.75 Å². The average Bonchev–Trinajstić information content (AvgIpc) is 2.98. The molecule has 0 radical (unpaired) electrons. The van der Waals surface area contributed by atoms with Crippen LogP contribution in [0.25, 0.3) is 0 Å². The molecule has 1 amide bonds. The van der Waals surface area contributed by atoms with Crippen molar-refractivity contribution in [2.75, 3.05) is 11.9 Å². The Hall–Kier alpha value is -1.60. The third-order valence-corrected chi connectivity index (χ3v) is 8.60. The van der Waals surface area contributed by atoms with Gasteiger partial charge < -0.3 is 10.1 Å². The van der Waals surface area contributed by atoms with Gasteiger partial charge in [0.05, 0.1) is 4.75 Å². The van der Waals surface area contributed by atoms with E-state index in [0.717, 1.165) is 23.4 Å². The number of aryl methyl sites for hydroxylation is 1.